The van der Waals surface area contributed by atoms with Crippen LogP contribution in [0.5, 0.6) is 5.75 Å². The van der Waals surface area contributed by atoms with Gasteiger partial charge >= 0.3 is 0 Å². The molecular weight excluding hydrogens is 187 g/mol. The average molecular weight is 200 g/mol. The van der Waals surface area contributed by atoms with E-state index in [1.165, 1.54) is 6.07 Å². The smallest absolute Gasteiger partial charge is 0.132 e. The molecule has 1 rings (SSSR count). The van der Waals surface area contributed by atoms with Gasteiger partial charge in [-0.05, 0) is 24.8 Å². The molecule has 0 spiro atoms. The van der Waals surface area contributed by atoms with Crippen molar-refractivity contribution in [2.75, 3.05) is 12.9 Å². The Labute approximate surface area is 82.3 Å². The van der Waals surface area contributed by atoms with Crippen LogP contribution in [0.2, 0.25) is 0 Å². The van der Waals surface area contributed by atoms with Crippen LogP contribution in [0.15, 0.2) is 17.0 Å². The van der Waals surface area contributed by atoms with Crippen molar-refractivity contribution in [2.24, 2.45) is 0 Å². The first kappa shape index (κ1) is 10.4. The molecule has 1 aromatic carbocycles. The Kier molecular flexibility index (Phi) is 3.60. The van der Waals surface area contributed by atoms with E-state index in [0.29, 0.717) is 5.56 Å². The SMILES string of the molecule is CCSc1c(OC)ccc(F)c1C. The van der Waals surface area contributed by atoms with Crippen LogP contribution in [0.25, 0.3) is 0 Å². The molecule has 0 aliphatic rings. The predicted molar refractivity (Wildman–Crippen MR) is 54.1 cm³/mol. The Morgan fingerprint density at radius 1 is 1.46 bits per heavy atom. The van der Waals surface area contributed by atoms with E-state index in [2.05, 4.69) is 0 Å². The molecule has 0 saturated heterocycles. The van der Waals surface area contributed by atoms with Crippen molar-refractivity contribution >= 4 is 11.8 Å². The number of hydrogen-bond donors (Lipinski definition) is 0. The van der Waals surface area contributed by atoms with E-state index in [-0.39, 0.29) is 5.82 Å². The van der Waals surface area contributed by atoms with Gasteiger partial charge in [-0.1, -0.05) is 6.92 Å². The van der Waals surface area contributed by atoms with Crippen molar-refractivity contribution in [2.45, 2.75) is 18.7 Å². The molecule has 1 nitrogen and oxygen atoms in total. The van der Waals surface area contributed by atoms with Gasteiger partial charge in [-0.25, -0.2) is 4.39 Å². The van der Waals surface area contributed by atoms with Crippen LogP contribution in [0.1, 0.15) is 12.5 Å². The lowest BCUT2D eigenvalue weighted by molar-refractivity contribution is 0.402. The van der Waals surface area contributed by atoms with Gasteiger partial charge in [-0.15, -0.1) is 11.8 Å². The van der Waals surface area contributed by atoms with Crippen LogP contribution in [0.4, 0.5) is 4.39 Å². The van der Waals surface area contributed by atoms with Gasteiger partial charge < -0.3 is 4.74 Å². The number of ether oxygens (including phenoxy) is 1. The second kappa shape index (κ2) is 4.51. The maximum atomic E-state index is 13.1. The maximum absolute atomic E-state index is 13.1. The van der Waals surface area contributed by atoms with Crippen LogP contribution in [0.3, 0.4) is 0 Å². The number of thioether (sulfide) groups is 1. The number of methoxy groups -OCH3 is 1. The fraction of sp³-hybridized carbons (Fsp3) is 0.400. The highest BCUT2D eigenvalue weighted by Gasteiger charge is 2.09. The van der Waals surface area contributed by atoms with Gasteiger partial charge in [-0.3, -0.25) is 0 Å². The summed E-state index contributed by atoms with van der Waals surface area (Å²) in [7, 11) is 1.60. The summed E-state index contributed by atoms with van der Waals surface area (Å²) in [6.07, 6.45) is 0. The molecule has 1 aromatic rings. The minimum absolute atomic E-state index is 0.170. The molecule has 0 heterocycles. The lowest BCUT2D eigenvalue weighted by atomic mass is 10.2. The van der Waals surface area contributed by atoms with Crippen LogP contribution < -0.4 is 4.74 Å². The fourth-order valence-electron chi connectivity index (χ4n) is 1.13. The van der Waals surface area contributed by atoms with E-state index in [4.69, 9.17) is 4.74 Å². The monoisotopic (exact) mass is 200 g/mol. The van der Waals surface area contributed by atoms with E-state index in [1.807, 2.05) is 6.92 Å². The van der Waals surface area contributed by atoms with Gasteiger partial charge in [0.2, 0.25) is 0 Å². The van der Waals surface area contributed by atoms with Crippen LogP contribution in [0, 0.1) is 12.7 Å². The van der Waals surface area contributed by atoms with Gasteiger partial charge in [-0.2, -0.15) is 0 Å². The molecule has 3 heteroatoms. The normalized spacial score (nSPS) is 10.2. The lowest BCUT2D eigenvalue weighted by Gasteiger charge is -2.10. The highest BCUT2D eigenvalue weighted by atomic mass is 32.2. The fourth-order valence-corrected chi connectivity index (χ4v) is 2.02. The molecule has 0 bridgehead atoms. The molecule has 0 aliphatic carbocycles. The summed E-state index contributed by atoms with van der Waals surface area (Å²) in [4.78, 5) is 0.907. The summed E-state index contributed by atoms with van der Waals surface area (Å²) in [6, 6.07) is 3.11. The summed E-state index contributed by atoms with van der Waals surface area (Å²) in [6.45, 7) is 3.81. The van der Waals surface area contributed by atoms with Crippen LogP contribution in [-0.2, 0) is 0 Å². The van der Waals surface area contributed by atoms with Crippen molar-refractivity contribution in [1.29, 1.82) is 0 Å². The first-order chi connectivity index (χ1) is 6.20. The van der Waals surface area contributed by atoms with E-state index >= 15 is 0 Å². The first-order valence-electron chi connectivity index (χ1n) is 4.16. The molecule has 0 N–H and O–H groups in total. The molecule has 0 aromatic heterocycles. The first-order valence-corrected chi connectivity index (χ1v) is 5.15. The zero-order valence-corrected chi connectivity index (χ0v) is 8.87. The van der Waals surface area contributed by atoms with Crippen LogP contribution >= 0.6 is 11.8 Å². The van der Waals surface area contributed by atoms with Gasteiger partial charge in [0.25, 0.3) is 0 Å². The summed E-state index contributed by atoms with van der Waals surface area (Å²) < 4.78 is 18.3. The minimum atomic E-state index is -0.170. The van der Waals surface area contributed by atoms with E-state index < -0.39 is 0 Å². The molecule has 72 valence electrons. The zero-order valence-electron chi connectivity index (χ0n) is 8.06. The molecule has 0 unspecified atom stereocenters. The van der Waals surface area contributed by atoms with E-state index in [9.17, 15) is 4.39 Å². The third kappa shape index (κ3) is 2.15. The van der Waals surface area contributed by atoms with Crippen LogP contribution in [-0.4, -0.2) is 12.9 Å². The molecule has 0 saturated carbocycles. The summed E-state index contributed by atoms with van der Waals surface area (Å²) in [5.41, 5.74) is 0.672. The molecule has 0 amide bonds. The van der Waals surface area contributed by atoms with Gasteiger partial charge in [0.15, 0.2) is 0 Å². The summed E-state index contributed by atoms with van der Waals surface area (Å²) in [5, 5.41) is 0. The number of rotatable bonds is 3. The average Bonchev–Trinajstić information content (AvgIpc) is 2.14. The second-order valence-electron chi connectivity index (χ2n) is 2.64. The molecule has 13 heavy (non-hydrogen) atoms. The molecule has 0 aliphatic heterocycles. The molecule has 0 atom stereocenters. The third-order valence-electron chi connectivity index (χ3n) is 1.81. The predicted octanol–water partition coefficient (Wildman–Crippen LogP) is 3.25. The number of benzene rings is 1. The maximum Gasteiger partial charge on any atom is 0.132 e. The number of halogens is 1. The van der Waals surface area contributed by atoms with Crippen molar-refractivity contribution < 1.29 is 9.13 Å². The van der Waals surface area contributed by atoms with Gasteiger partial charge in [0, 0.05) is 5.56 Å². The largest absolute Gasteiger partial charge is 0.496 e. The highest BCUT2D eigenvalue weighted by Crippen LogP contribution is 2.33. The minimum Gasteiger partial charge on any atom is -0.496 e. The Morgan fingerprint density at radius 3 is 2.69 bits per heavy atom. The van der Waals surface area contributed by atoms with Crippen molar-refractivity contribution in [3.05, 3.63) is 23.5 Å². The Morgan fingerprint density at radius 2 is 2.15 bits per heavy atom. The topological polar surface area (TPSA) is 9.23 Å². The summed E-state index contributed by atoms with van der Waals surface area (Å²) in [5.74, 6) is 1.50. The van der Waals surface area contributed by atoms with E-state index in [1.54, 1.807) is 31.9 Å². The number of hydrogen-bond acceptors (Lipinski definition) is 2. The third-order valence-corrected chi connectivity index (χ3v) is 2.90. The Balaban J connectivity index is 3.15. The second-order valence-corrected chi connectivity index (χ2v) is 3.91. The van der Waals surface area contributed by atoms with Crippen molar-refractivity contribution in [1.82, 2.24) is 0 Å². The quantitative estimate of drug-likeness (QED) is 0.693. The molecular formula is C10H13FOS. The Bertz CT molecular complexity index is 299. The van der Waals surface area contributed by atoms with Crippen molar-refractivity contribution in [3.63, 3.8) is 0 Å². The summed E-state index contributed by atoms with van der Waals surface area (Å²) >= 11 is 1.60. The van der Waals surface area contributed by atoms with Gasteiger partial charge in [0.05, 0.1) is 12.0 Å². The Hall–Kier alpha value is -0.700. The van der Waals surface area contributed by atoms with E-state index in [0.717, 1.165) is 16.4 Å². The molecule has 0 fully saturated rings. The lowest BCUT2D eigenvalue weighted by Crippen LogP contribution is -1.92. The molecule has 0 radical (unpaired) electrons. The van der Waals surface area contributed by atoms with Gasteiger partial charge in [0.1, 0.15) is 11.6 Å². The highest BCUT2D eigenvalue weighted by molar-refractivity contribution is 7.99. The van der Waals surface area contributed by atoms with Crippen molar-refractivity contribution in [3.8, 4) is 5.75 Å². The zero-order chi connectivity index (χ0) is 9.84. The standard InChI is InChI=1S/C10H13FOS/c1-4-13-10-7(2)8(11)5-6-9(10)12-3/h5-6H,4H2,1-3H3.